The van der Waals surface area contributed by atoms with Crippen LogP contribution in [-0.4, -0.2) is 55.1 Å². The van der Waals surface area contributed by atoms with Crippen molar-refractivity contribution in [1.82, 2.24) is 0 Å². The molecule has 0 spiro atoms. The van der Waals surface area contributed by atoms with Crippen LogP contribution in [-0.2, 0) is 25.7 Å². The number of nitrogens with zero attached hydrogens (tertiary/aromatic N) is 1. The maximum absolute atomic E-state index is 13.9. The summed E-state index contributed by atoms with van der Waals surface area (Å²) in [5.41, 5.74) is 1.40. The number of nitrogens with one attached hydrogen (secondary N) is 1. The van der Waals surface area contributed by atoms with E-state index in [1.54, 1.807) is 13.8 Å². The van der Waals surface area contributed by atoms with Crippen LogP contribution in [0.15, 0.2) is 42.5 Å². The molecule has 1 unspecified atom stereocenters. The van der Waals surface area contributed by atoms with E-state index in [-0.39, 0.29) is 28.9 Å². The average Bonchev–Trinajstić information content (AvgIpc) is 2.82. The fraction of sp³-hybridized carbons (Fsp3) is 0.400. The zero-order valence-corrected chi connectivity index (χ0v) is 19.8. The van der Waals surface area contributed by atoms with E-state index in [0.717, 1.165) is 11.6 Å². The molecular formula is C25H32FN2O5+. The van der Waals surface area contributed by atoms with Crippen molar-refractivity contribution in [2.45, 2.75) is 40.3 Å². The molecule has 0 saturated carbocycles. The van der Waals surface area contributed by atoms with Crippen LogP contribution in [0.1, 0.15) is 42.3 Å². The second-order valence-corrected chi connectivity index (χ2v) is 7.96. The fourth-order valence-electron chi connectivity index (χ4n) is 3.83. The van der Waals surface area contributed by atoms with Crippen molar-refractivity contribution in [3.05, 3.63) is 65.0 Å². The van der Waals surface area contributed by atoms with Gasteiger partial charge in [0.15, 0.2) is 12.6 Å². The molecule has 1 N–H and O–H groups in total. The molecule has 7 nitrogen and oxygen atoms in total. The van der Waals surface area contributed by atoms with Gasteiger partial charge in [-0.3, -0.25) is 4.79 Å². The molecule has 2 aromatic carbocycles. The van der Waals surface area contributed by atoms with Crippen molar-refractivity contribution in [2.24, 2.45) is 0 Å². The molecule has 0 heterocycles. The minimum Gasteiger partial charge on any atom is -0.465 e. The Morgan fingerprint density at radius 2 is 1.73 bits per heavy atom. The molecule has 2 rings (SSSR count). The summed E-state index contributed by atoms with van der Waals surface area (Å²) in [5, 5.41) is 2.75. The number of amides is 1. The summed E-state index contributed by atoms with van der Waals surface area (Å²) in [7, 11) is 1.19. The van der Waals surface area contributed by atoms with Gasteiger partial charge in [0.2, 0.25) is 0 Å². The van der Waals surface area contributed by atoms with Crippen LogP contribution < -0.4 is 5.32 Å². The summed E-state index contributed by atoms with van der Waals surface area (Å²) in [6.07, 6.45) is 0. The largest absolute Gasteiger partial charge is 0.465 e. The van der Waals surface area contributed by atoms with E-state index in [2.05, 4.69) is 5.32 Å². The maximum atomic E-state index is 13.9. The normalized spacial score (nSPS) is 12.1. The first-order chi connectivity index (χ1) is 15.7. The van der Waals surface area contributed by atoms with E-state index in [4.69, 9.17) is 9.47 Å². The van der Waals surface area contributed by atoms with Crippen molar-refractivity contribution in [3.63, 3.8) is 0 Å². The molecule has 178 valence electrons. The van der Waals surface area contributed by atoms with Gasteiger partial charge < -0.3 is 19.3 Å². The number of esters is 2. The van der Waals surface area contributed by atoms with Crippen LogP contribution in [0.4, 0.5) is 10.1 Å². The molecule has 8 heteroatoms. The first-order valence-corrected chi connectivity index (χ1v) is 10.9. The Bertz CT molecular complexity index is 990. The summed E-state index contributed by atoms with van der Waals surface area (Å²) < 4.78 is 24.2. The van der Waals surface area contributed by atoms with Gasteiger partial charge in [-0.15, -0.1) is 0 Å². The first-order valence-electron chi connectivity index (χ1n) is 10.9. The maximum Gasteiger partial charge on any atom is 0.362 e. The van der Waals surface area contributed by atoms with Crippen molar-refractivity contribution in [3.8, 4) is 0 Å². The fourth-order valence-corrected chi connectivity index (χ4v) is 3.83. The molecule has 0 radical (unpaired) electrons. The molecule has 0 aromatic heterocycles. The number of rotatable bonds is 10. The zero-order chi connectivity index (χ0) is 24.6. The number of carbonyl (C=O) groups excluding carboxylic acids is 3. The van der Waals surface area contributed by atoms with E-state index in [1.165, 1.54) is 13.2 Å². The highest BCUT2D eigenvalue weighted by atomic mass is 19.1. The van der Waals surface area contributed by atoms with Gasteiger partial charge in [-0.05, 0) is 51.0 Å². The minimum absolute atomic E-state index is 0.0146. The second-order valence-electron chi connectivity index (χ2n) is 7.96. The van der Waals surface area contributed by atoms with Crippen LogP contribution in [0.2, 0.25) is 0 Å². The predicted molar refractivity (Wildman–Crippen MR) is 123 cm³/mol. The molecule has 1 atom stereocenters. The molecule has 0 aliphatic rings. The van der Waals surface area contributed by atoms with Gasteiger partial charge in [0.25, 0.3) is 5.91 Å². The monoisotopic (exact) mass is 459 g/mol. The molecular weight excluding hydrogens is 427 g/mol. The highest BCUT2D eigenvalue weighted by Crippen LogP contribution is 2.25. The number of likely N-dealkylation sites (N-methyl/N-ethyl adjacent to an activating group) is 1. The van der Waals surface area contributed by atoms with E-state index in [0.29, 0.717) is 18.7 Å². The SMILES string of the molecule is CC[N+](CC)(CC(=O)OCc1ccccc1)C(C)C(=O)Nc1c(C)cc(F)cc1C(=O)OC. The highest BCUT2D eigenvalue weighted by Gasteiger charge is 2.39. The van der Waals surface area contributed by atoms with Crippen LogP contribution in [0.3, 0.4) is 0 Å². The Morgan fingerprint density at radius 3 is 2.30 bits per heavy atom. The van der Waals surface area contributed by atoms with Gasteiger partial charge in [0.1, 0.15) is 12.4 Å². The lowest BCUT2D eigenvalue weighted by Crippen LogP contribution is -2.60. The summed E-state index contributed by atoms with van der Waals surface area (Å²) in [6.45, 7) is 8.32. The third-order valence-corrected chi connectivity index (χ3v) is 6.10. The van der Waals surface area contributed by atoms with Gasteiger partial charge >= 0.3 is 11.9 Å². The number of hydrogen-bond acceptors (Lipinski definition) is 5. The third-order valence-electron chi connectivity index (χ3n) is 6.10. The zero-order valence-electron chi connectivity index (χ0n) is 19.8. The lowest BCUT2D eigenvalue weighted by molar-refractivity contribution is -0.931. The Kier molecular flexibility index (Phi) is 9.11. The van der Waals surface area contributed by atoms with Crippen LogP contribution in [0.25, 0.3) is 0 Å². The van der Waals surface area contributed by atoms with E-state index >= 15 is 0 Å². The summed E-state index contributed by atoms with van der Waals surface area (Å²) >= 11 is 0. The van der Waals surface area contributed by atoms with E-state index < -0.39 is 29.7 Å². The Balaban J connectivity index is 2.20. The van der Waals surface area contributed by atoms with Crippen molar-refractivity contribution < 1.29 is 32.7 Å². The number of methoxy groups -OCH3 is 1. The summed E-state index contributed by atoms with van der Waals surface area (Å²) in [5.74, 6) is -2.16. The van der Waals surface area contributed by atoms with Gasteiger partial charge in [0, 0.05) is 0 Å². The van der Waals surface area contributed by atoms with E-state index in [9.17, 15) is 18.8 Å². The Hall–Kier alpha value is -3.26. The third kappa shape index (κ3) is 6.38. The lowest BCUT2D eigenvalue weighted by atomic mass is 10.1. The Labute approximate surface area is 194 Å². The molecule has 2 aromatic rings. The molecule has 0 fully saturated rings. The van der Waals surface area contributed by atoms with Crippen LogP contribution in [0.5, 0.6) is 0 Å². The molecule has 0 aliphatic carbocycles. The van der Waals surface area contributed by atoms with Crippen molar-refractivity contribution in [2.75, 3.05) is 32.1 Å². The quantitative estimate of drug-likeness (QED) is 0.431. The number of quaternary nitrogens is 1. The van der Waals surface area contributed by atoms with Crippen molar-refractivity contribution in [1.29, 1.82) is 0 Å². The average molecular weight is 460 g/mol. The van der Waals surface area contributed by atoms with Gasteiger partial charge in [-0.1, -0.05) is 30.3 Å². The first kappa shape index (κ1) is 26.0. The number of carbonyl (C=O) groups is 3. The number of benzene rings is 2. The molecule has 1 amide bonds. The van der Waals surface area contributed by atoms with Crippen LogP contribution in [0, 0.1) is 12.7 Å². The highest BCUT2D eigenvalue weighted by molar-refractivity contribution is 6.03. The lowest BCUT2D eigenvalue weighted by Gasteiger charge is -2.40. The number of halogens is 1. The van der Waals surface area contributed by atoms with Gasteiger partial charge in [-0.2, -0.15) is 0 Å². The smallest absolute Gasteiger partial charge is 0.362 e. The number of aryl methyl sites for hydroxylation is 1. The molecule has 0 bridgehead atoms. The standard InChI is InChI=1S/C25H31FN2O5/c1-6-28(7-2,15-22(29)33-16-19-11-9-8-10-12-19)18(4)24(30)27-23-17(3)13-20(26)14-21(23)25(31)32-5/h8-14,18H,6-7,15-16H2,1-5H3/p+1. The minimum atomic E-state index is -0.753. The van der Waals surface area contributed by atoms with E-state index in [1.807, 2.05) is 44.2 Å². The number of hydrogen-bond donors (Lipinski definition) is 1. The Morgan fingerprint density at radius 1 is 1.09 bits per heavy atom. The number of ether oxygens (including phenoxy) is 2. The molecule has 0 saturated heterocycles. The molecule has 33 heavy (non-hydrogen) atoms. The van der Waals surface area contributed by atoms with Crippen molar-refractivity contribution >= 4 is 23.5 Å². The van der Waals surface area contributed by atoms with Gasteiger partial charge in [0.05, 0.1) is 31.5 Å². The predicted octanol–water partition coefficient (Wildman–Crippen LogP) is 3.85. The second kappa shape index (κ2) is 11.6. The molecule has 0 aliphatic heterocycles. The number of anilines is 1. The van der Waals surface area contributed by atoms with Crippen LogP contribution >= 0.6 is 0 Å². The topological polar surface area (TPSA) is 81.7 Å². The summed E-state index contributed by atoms with van der Waals surface area (Å²) in [6, 6.07) is 11.0. The summed E-state index contributed by atoms with van der Waals surface area (Å²) in [4.78, 5) is 38.0. The van der Waals surface area contributed by atoms with Gasteiger partial charge in [-0.25, -0.2) is 14.0 Å².